The topological polar surface area (TPSA) is 39.2 Å². The Kier molecular flexibility index (Phi) is 5.19. The van der Waals surface area contributed by atoms with Crippen LogP contribution in [0.15, 0.2) is 53.5 Å². The van der Waals surface area contributed by atoms with Gasteiger partial charge in [0.05, 0.1) is 0 Å². The van der Waals surface area contributed by atoms with Crippen molar-refractivity contribution in [2.45, 2.75) is 6.61 Å². The van der Waals surface area contributed by atoms with Crippen LogP contribution >= 0.6 is 23.2 Å². The van der Waals surface area contributed by atoms with Crippen molar-refractivity contribution in [3.05, 3.63) is 69.8 Å². The Morgan fingerprint density at radius 3 is 2.61 bits per heavy atom. The molecule has 3 rings (SSSR count). The molecule has 0 saturated carbocycles. The van der Waals surface area contributed by atoms with Gasteiger partial charge < -0.3 is 0 Å². The standard InChI is InChI=1S/C17H11Cl2NO2Se/c18-12-7-5-11(6-8-12)17-20-13(10-23-17)9-22-15-4-2-1-3-14(15)16(19)21/h1-8,10H,9H2. The van der Waals surface area contributed by atoms with Crippen LogP contribution in [0, 0.1) is 0 Å². The van der Waals surface area contributed by atoms with Crippen molar-refractivity contribution < 1.29 is 9.53 Å². The molecule has 0 bridgehead atoms. The second-order valence-corrected chi connectivity index (χ2v) is 7.29. The number of ether oxygens (including phenoxy) is 1. The molecule has 0 aliphatic heterocycles. The average Bonchev–Trinajstić information content (AvgIpc) is 3.03. The van der Waals surface area contributed by atoms with E-state index in [1.807, 2.05) is 24.3 Å². The number of rotatable bonds is 5. The number of aromatic nitrogens is 1. The summed E-state index contributed by atoms with van der Waals surface area (Å²) < 4.78 is 6.73. The van der Waals surface area contributed by atoms with E-state index >= 15 is 0 Å². The summed E-state index contributed by atoms with van der Waals surface area (Å²) in [5, 5.41) is 0.175. The third-order valence-electron chi connectivity index (χ3n) is 3.12. The van der Waals surface area contributed by atoms with Gasteiger partial charge in [-0.05, 0) is 0 Å². The van der Waals surface area contributed by atoms with Gasteiger partial charge >= 0.3 is 150 Å². The summed E-state index contributed by atoms with van der Waals surface area (Å²) in [6, 6.07) is 14.5. The fourth-order valence-corrected chi connectivity index (χ4v) is 3.99. The number of benzene rings is 2. The first-order valence-electron chi connectivity index (χ1n) is 6.75. The van der Waals surface area contributed by atoms with Gasteiger partial charge in [0.25, 0.3) is 0 Å². The van der Waals surface area contributed by atoms with Gasteiger partial charge in [-0.15, -0.1) is 0 Å². The van der Waals surface area contributed by atoms with Crippen LogP contribution < -0.4 is 4.74 Å². The number of para-hydroxylation sites is 1. The van der Waals surface area contributed by atoms with E-state index < -0.39 is 5.24 Å². The summed E-state index contributed by atoms with van der Waals surface area (Å²) >= 11 is 11.6. The second-order valence-electron chi connectivity index (χ2n) is 4.71. The van der Waals surface area contributed by atoms with Crippen molar-refractivity contribution >= 4 is 42.9 Å². The molecule has 116 valence electrons. The third kappa shape index (κ3) is 4.04. The Hall–Kier alpha value is -1.58. The quantitative estimate of drug-likeness (QED) is 0.461. The van der Waals surface area contributed by atoms with Crippen LogP contribution in [0.25, 0.3) is 10.1 Å². The zero-order valence-corrected chi connectivity index (χ0v) is 15.1. The zero-order chi connectivity index (χ0) is 16.2. The molecule has 0 saturated heterocycles. The van der Waals surface area contributed by atoms with Crippen LogP contribution in [0.3, 0.4) is 0 Å². The first kappa shape index (κ1) is 16.3. The van der Waals surface area contributed by atoms with Crippen LogP contribution in [0.1, 0.15) is 16.1 Å². The molecule has 3 nitrogen and oxygen atoms in total. The third-order valence-corrected chi connectivity index (χ3v) is 5.55. The van der Waals surface area contributed by atoms with Crippen molar-refractivity contribution in [1.29, 1.82) is 0 Å². The van der Waals surface area contributed by atoms with Crippen molar-refractivity contribution in [1.82, 2.24) is 4.98 Å². The predicted molar refractivity (Wildman–Crippen MR) is 92.6 cm³/mol. The van der Waals surface area contributed by atoms with Gasteiger partial charge in [0.1, 0.15) is 0 Å². The Balaban J connectivity index is 1.73. The van der Waals surface area contributed by atoms with Crippen molar-refractivity contribution in [2.24, 2.45) is 0 Å². The van der Waals surface area contributed by atoms with Crippen LogP contribution in [-0.2, 0) is 6.61 Å². The van der Waals surface area contributed by atoms with E-state index in [9.17, 15) is 4.79 Å². The molecule has 1 heterocycles. The van der Waals surface area contributed by atoms with Crippen LogP contribution in [0.2, 0.25) is 5.02 Å². The molecule has 0 N–H and O–H groups in total. The average molecular weight is 411 g/mol. The molecular formula is C17H11Cl2NO2Se. The molecule has 0 atom stereocenters. The van der Waals surface area contributed by atoms with E-state index in [1.165, 1.54) is 0 Å². The molecule has 0 spiro atoms. The molecule has 0 unspecified atom stereocenters. The first-order valence-corrected chi connectivity index (χ1v) is 9.35. The number of carbonyl (C=O) groups excluding carboxylic acids is 1. The van der Waals surface area contributed by atoms with Gasteiger partial charge in [-0.3, -0.25) is 0 Å². The molecule has 23 heavy (non-hydrogen) atoms. The van der Waals surface area contributed by atoms with E-state index in [0.29, 0.717) is 22.9 Å². The van der Waals surface area contributed by atoms with E-state index in [0.717, 1.165) is 15.8 Å². The molecule has 1 aromatic heterocycles. The number of hydrogen-bond acceptors (Lipinski definition) is 3. The number of halogens is 2. The fraction of sp³-hybridized carbons (Fsp3) is 0.0588. The number of carbonyl (C=O) groups is 1. The molecule has 2 aromatic carbocycles. The second kappa shape index (κ2) is 7.33. The van der Waals surface area contributed by atoms with Gasteiger partial charge in [0, 0.05) is 0 Å². The minimum absolute atomic E-state index is 0.161. The summed E-state index contributed by atoms with van der Waals surface area (Å²) in [6.07, 6.45) is 0. The summed E-state index contributed by atoms with van der Waals surface area (Å²) in [7, 11) is 0. The van der Waals surface area contributed by atoms with E-state index in [-0.39, 0.29) is 14.5 Å². The van der Waals surface area contributed by atoms with E-state index in [2.05, 4.69) is 9.92 Å². The number of nitrogens with zero attached hydrogens (tertiary/aromatic N) is 1. The predicted octanol–water partition coefficient (Wildman–Crippen LogP) is 4.42. The van der Waals surface area contributed by atoms with E-state index in [4.69, 9.17) is 27.9 Å². The van der Waals surface area contributed by atoms with Crippen LogP contribution in [0.5, 0.6) is 5.75 Å². The van der Waals surface area contributed by atoms with Crippen molar-refractivity contribution in [3.63, 3.8) is 0 Å². The van der Waals surface area contributed by atoms with Gasteiger partial charge in [-0.2, -0.15) is 0 Å². The zero-order valence-electron chi connectivity index (χ0n) is 11.8. The molecule has 0 aliphatic carbocycles. The molecule has 0 fully saturated rings. The van der Waals surface area contributed by atoms with Gasteiger partial charge in [-0.1, -0.05) is 0 Å². The van der Waals surface area contributed by atoms with Gasteiger partial charge in [0.15, 0.2) is 0 Å². The SMILES string of the molecule is O=C(Cl)c1ccccc1OCc1c[se]c(-c2ccc(Cl)cc2)n1. The van der Waals surface area contributed by atoms with Gasteiger partial charge in [-0.25, -0.2) is 0 Å². The maximum atomic E-state index is 11.4. The maximum absolute atomic E-state index is 11.4. The van der Waals surface area contributed by atoms with Crippen LogP contribution in [0.4, 0.5) is 0 Å². The molecule has 0 aliphatic rings. The Morgan fingerprint density at radius 2 is 1.87 bits per heavy atom. The minimum atomic E-state index is -0.532. The van der Waals surface area contributed by atoms with Crippen molar-refractivity contribution in [2.75, 3.05) is 0 Å². The summed E-state index contributed by atoms with van der Waals surface area (Å²) in [5.74, 6) is 0.469. The Labute approximate surface area is 149 Å². The normalized spacial score (nSPS) is 10.5. The monoisotopic (exact) mass is 411 g/mol. The molecular weight excluding hydrogens is 400 g/mol. The van der Waals surface area contributed by atoms with Crippen LogP contribution in [-0.4, -0.2) is 24.7 Å². The Morgan fingerprint density at radius 1 is 1.13 bits per heavy atom. The number of hydrogen-bond donors (Lipinski definition) is 0. The first-order chi connectivity index (χ1) is 11.1. The summed E-state index contributed by atoms with van der Waals surface area (Å²) in [6.45, 7) is 0.306. The Bertz CT molecular complexity index is 831. The molecule has 6 heteroatoms. The molecule has 0 amide bonds. The molecule has 3 aromatic rings. The molecule has 0 radical (unpaired) electrons. The summed E-state index contributed by atoms with van der Waals surface area (Å²) in [4.78, 5) is 18.0. The van der Waals surface area contributed by atoms with Crippen molar-refractivity contribution in [3.8, 4) is 15.9 Å². The van der Waals surface area contributed by atoms with E-state index in [1.54, 1.807) is 24.3 Å². The van der Waals surface area contributed by atoms with Gasteiger partial charge in [0.2, 0.25) is 0 Å². The fourth-order valence-electron chi connectivity index (χ4n) is 2.00. The summed E-state index contributed by atoms with van der Waals surface area (Å²) in [5.41, 5.74) is 2.28.